The number of rotatable bonds is 4. The van der Waals surface area contributed by atoms with Crippen LogP contribution in [0.2, 0.25) is 0 Å². The predicted octanol–water partition coefficient (Wildman–Crippen LogP) is 5.21. The first-order valence-electron chi connectivity index (χ1n) is 5.17. The van der Waals surface area contributed by atoms with Crippen molar-refractivity contribution in [2.24, 2.45) is 5.41 Å². The summed E-state index contributed by atoms with van der Waals surface area (Å²) in [4.78, 5) is 0. The minimum atomic E-state index is 0. The summed E-state index contributed by atoms with van der Waals surface area (Å²) in [6.07, 6.45) is 7.17. The summed E-state index contributed by atoms with van der Waals surface area (Å²) in [5.74, 6) is 0. The van der Waals surface area contributed by atoms with Crippen LogP contribution in [0.3, 0.4) is 0 Å². The molecule has 0 aliphatic heterocycles. The lowest BCUT2D eigenvalue weighted by Crippen LogP contribution is -2.05. The van der Waals surface area contributed by atoms with E-state index in [0.29, 0.717) is 5.41 Å². The molecule has 0 aliphatic rings. The van der Waals surface area contributed by atoms with Crippen molar-refractivity contribution in [1.29, 1.82) is 0 Å². The smallest absolute Gasteiger partial charge is 0 e. The van der Waals surface area contributed by atoms with Gasteiger partial charge in [0, 0.05) is 1.43 Å². The van der Waals surface area contributed by atoms with Gasteiger partial charge in [0.15, 0.2) is 0 Å². The molecule has 84 valence electrons. The summed E-state index contributed by atoms with van der Waals surface area (Å²) in [6, 6.07) is 0. The van der Waals surface area contributed by atoms with E-state index in [4.69, 9.17) is 0 Å². The zero-order valence-corrected chi connectivity index (χ0v) is 10.3. The van der Waals surface area contributed by atoms with Crippen molar-refractivity contribution in [2.75, 3.05) is 0 Å². The minimum absolute atomic E-state index is 0. The number of unbranched alkanes of at least 4 members (excludes halogenated alkanes) is 1. The number of hydrogen-bond acceptors (Lipinski definition) is 1. The Morgan fingerprint density at radius 3 is 1.85 bits per heavy atom. The maximum atomic E-state index is 3.79. The molecule has 0 aromatic rings. The molecule has 0 saturated heterocycles. The molecule has 0 fully saturated rings. The van der Waals surface area contributed by atoms with Gasteiger partial charge in [-0.1, -0.05) is 60.0 Å². The van der Waals surface area contributed by atoms with Crippen molar-refractivity contribution in [2.45, 2.75) is 60.3 Å². The van der Waals surface area contributed by atoms with Crippen molar-refractivity contribution in [3.8, 4) is 0 Å². The van der Waals surface area contributed by atoms with Gasteiger partial charge < -0.3 is 6.15 Å². The molecular weight excluding hydrogens is 158 g/mol. The molecule has 0 aliphatic carbocycles. The van der Waals surface area contributed by atoms with Crippen LogP contribution < -0.4 is 6.15 Å². The Morgan fingerprint density at radius 2 is 1.62 bits per heavy atom. The zero-order chi connectivity index (χ0) is 10.0. The van der Waals surface area contributed by atoms with E-state index in [1.165, 1.54) is 25.7 Å². The van der Waals surface area contributed by atoms with Gasteiger partial charge >= 0.3 is 0 Å². The fourth-order valence-electron chi connectivity index (χ4n) is 0.734. The molecule has 13 heavy (non-hydrogen) atoms. The lowest BCUT2D eigenvalue weighted by atomic mass is 9.88. The highest BCUT2D eigenvalue weighted by Gasteiger charge is 2.10. The molecule has 0 heterocycles. The first-order chi connectivity index (χ1) is 5.54. The van der Waals surface area contributed by atoms with Crippen LogP contribution in [0.15, 0.2) is 12.7 Å². The van der Waals surface area contributed by atoms with E-state index in [9.17, 15) is 0 Å². The predicted molar refractivity (Wildman–Crippen MR) is 66.6 cm³/mol. The fraction of sp³-hybridized carbons (Fsp3) is 0.833. The minimum Gasteiger partial charge on any atom is -0.344 e. The Kier molecular flexibility index (Phi) is 16.6. The van der Waals surface area contributed by atoms with Gasteiger partial charge in [0.25, 0.3) is 0 Å². The highest BCUT2D eigenvalue weighted by Crippen LogP contribution is 2.23. The molecule has 0 aromatic heterocycles. The number of hydrogen-bond donors (Lipinski definition) is 1. The van der Waals surface area contributed by atoms with E-state index in [1.807, 2.05) is 6.08 Å². The molecule has 0 atom stereocenters. The zero-order valence-electron chi connectivity index (χ0n) is 10.3. The average Bonchev–Trinajstić information content (AvgIpc) is 2.03. The molecule has 0 spiro atoms. The van der Waals surface area contributed by atoms with E-state index >= 15 is 0 Å². The van der Waals surface area contributed by atoms with E-state index in [0.717, 1.165) is 0 Å². The molecule has 0 unspecified atom stereocenters. The summed E-state index contributed by atoms with van der Waals surface area (Å²) >= 11 is 0. The summed E-state index contributed by atoms with van der Waals surface area (Å²) in [5.41, 5.74) is 0.357. The molecule has 3 N–H and O–H groups in total. The van der Waals surface area contributed by atoms with Gasteiger partial charge in [0.1, 0.15) is 0 Å². The van der Waals surface area contributed by atoms with Crippen LogP contribution >= 0.6 is 0 Å². The van der Waals surface area contributed by atoms with E-state index in [1.54, 1.807) is 0 Å². The van der Waals surface area contributed by atoms with Crippen LogP contribution in [0.1, 0.15) is 61.7 Å². The summed E-state index contributed by atoms with van der Waals surface area (Å²) in [7, 11) is 0. The molecular formula is C12H31N. The molecule has 1 nitrogen and oxygen atoms in total. The first kappa shape index (κ1) is 18.5. The second-order valence-corrected chi connectivity index (χ2v) is 4.00. The summed E-state index contributed by atoms with van der Waals surface area (Å²) in [5, 5.41) is 0. The Morgan fingerprint density at radius 1 is 1.23 bits per heavy atom. The van der Waals surface area contributed by atoms with Crippen LogP contribution in [0, 0.1) is 5.41 Å². The third kappa shape index (κ3) is 18.6. The van der Waals surface area contributed by atoms with Crippen molar-refractivity contribution in [3.05, 3.63) is 12.7 Å². The van der Waals surface area contributed by atoms with Crippen LogP contribution in [0.25, 0.3) is 0 Å². The third-order valence-corrected chi connectivity index (χ3v) is 1.73. The molecule has 1 heteroatoms. The van der Waals surface area contributed by atoms with Crippen LogP contribution in [0.4, 0.5) is 0 Å². The van der Waals surface area contributed by atoms with Crippen molar-refractivity contribution < 1.29 is 1.43 Å². The highest BCUT2D eigenvalue weighted by atomic mass is 14.2. The molecule has 0 radical (unpaired) electrons. The van der Waals surface area contributed by atoms with Crippen molar-refractivity contribution in [1.82, 2.24) is 6.15 Å². The fourth-order valence-corrected chi connectivity index (χ4v) is 0.734. The maximum Gasteiger partial charge on any atom is 0 e. The van der Waals surface area contributed by atoms with Crippen molar-refractivity contribution in [3.63, 3.8) is 0 Å². The van der Waals surface area contributed by atoms with Crippen molar-refractivity contribution >= 4 is 0 Å². The molecule has 0 saturated carbocycles. The molecule has 0 amide bonds. The van der Waals surface area contributed by atoms with Gasteiger partial charge in [0.05, 0.1) is 0 Å². The Bertz CT molecular complexity index is 100. The van der Waals surface area contributed by atoms with Crippen LogP contribution in [-0.2, 0) is 0 Å². The summed E-state index contributed by atoms with van der Waals surface area (Å²) in [6.45, 7) is 14.7. The van der Waals surface area contributed by atoms with Gasteiger partial charge in [-0.05, 0) is 11.8 Å². The number of allylic oxidation sites excluding steroid dienone is 1. The Balaban J connectivity index is -0.0000000891. The third-order valence-electron chi connectivity index (χ3n) is 1.73. The molecule has 0 bridgehead atoms. The second kappa shape index (κ2) is 11.7. The lowest BCUT2D eigenvalue weighted by molar-refractivity contribution is 0.420. The van der Waals surface area contributed by atoms with Crippen LogP contribution in [-0.4, -0.2) is 0 Å². The van der Waals surface area contributed by atoms with E-state index in [2.05, 4.69) is 41.2 Å². The van der Waals surface area contributed by atoms with E-state index in [-0.39, 0.29) is 7.58 Å². The van der Waals surface area contributed by atoms with Gasteiger partial charge in [-0.15, -0.1) is 6.58 Å². The Hall–Kier alpha value is -0.300. The SMILES string of the molecule is C=CC(C)(C)CCCC.CCC.N.[HH]. The first-order valence-corrected chi connectivity index (χ1v) is 5.17. The highest BCUT2D eigenvalue weighted by molar-refractivity contribution is 4.86. The van der Waals surface area contributed by atoms with Gasteiger partial charge in [-0.2, -0.15) is 0 Å². The quantitative estimate of drug-likeness (QED) is 0.605. The standard InChI is InChI=1S/C9H18.C3H8.H3N.H2/c1-5-7-8-9(3,4)6-2;1-3-2;;/h6H,2,5,7-8H2,1,3-4H3;3H2,1-2H3;1H3;1H. The lowest BCUT2D eigenvalue weighted by Gasteiger charge is -2.18. The monoisotopic (exact) mass is 189 g/mol. The Labute approximate surface area is 86.7 Å². The topological polar surface area (TPSA) is 35.0 Å². The van der Waals surface area contributed by atoms with Gasteiger partial charge in [0.2, 0.25) is 0 Å². The molecule has 0 rings (SSSR count). The normalized spacial score (nSPS) is 9.31. The maximum absolute atomic E-state index is 3.79. The second-order valence-electron chi connectivity index (χ2n) is 4.00. The molecule has 0 aromatic carbocycles. The van der Waals surface area contributed by atoms with Crippen LogP contribution in [0.5, 0.6) is 0 Å². The summed E-state index contributed by atoms with van der Waals surface area (Å²) < 4.78 is 0. The van der Waals surface area contributed by atoms with E-state index < -0.39 is 0 Å². The van der Waals surface area contributed by atoms with Gasteiger partial charge in [-0.25, -0.2) is 0 Å². The van der Waals surface area contributed by atoms with Gasteiger partial charge in [-0.3, -0.25) is 0 Å². The largest absolute Gasteiger partial charge is 0.344 e. The average molecular weight is 189 g/mol.